The van der Waals surface area contributed by atoms with Gasteiger partial charge in [0.05, 0.1) is 5.41 Å². The summed E-state index contributed by atoms with van der Waals surface area (Å²) in [5.41, 5.74) is 9.03. The first-order valence-corrected chi connectivity index (χ1v) is 9.54. The standard InChI is InChI=1S/C25H27N2/c1-18-17-20(19(2)27(18)21-11-7-6-8-12-21)15-16-24-25(3,4)22-13-9-10-14-23(22)26(24)5/h6-17H,1-5H3/q+1. The van der Waals surface area contributed by atoms with Crippen molar-refractivity contribution in [2.45, 2.75) is 33.1 Å². The largest absolute Gasteiger partial charge is 0.318 e. The van der Waals surface area contributed by atoms with Crippen LogP contribution in [0.1, 0.15) is 36.4 Å². The van der Waals surface area contributed by atoms with Crippen LogP contribution < -0.4 is 0 Å². The summed E-state index contributed by atoms with van der Waals surface area (Å²) in [4.78, 5) is 0. The van der Waals surface area contributed by atoms with E-state index in [0.717, 1.165) is 0 Å². The summed E-state index contributed by atoms with van der Waals surface area (Å²) in [5.74, 6) is 0. The van der Waals surface area contributed by atoms with Crippen LogP contribution in [-0.2, 0) is 5.41 Å². The number of aryl methyl sites for hydroxylation is 1. The number of nitrogens with zero attached hydrogens (tertiary/aromatic N) is 2. The van der Waals surface area contributed by atoms with E-state index in [4.69, 9.17) is 0 Å². The Labute approximate surface area is 162 Å². The minimum absolute atomic E-state index is 0.00673. The summed E-state index contributed by atoms with van der Waals surface area (Å²) < 4.78 is 4.64. The molecule has 1 aliphatic rings. The molecule has 1 aromatic heterocycles. The van der Waals surface area contributed by atoms with E-state index in [1.807, 2.05) is 0 Å². The summed E-state index contributed by atoms with van der Waals surface area (Å²) in [6, 6.07) is 21.5. The highest BCUT2D eigenvalue weighted by Crippen LogP contribution is 2.39. The van der Waals surface area contributed by atoms with Crippen molar-refractivity contribution >= 4 is 17.5 Å². The maximum absolute atomic E-state index is 2.32. The number of para-hydroxylation sites is 2. The summed E-state index contributed by atoms with van der Waals surface area (Å²) in [6.07, 6.45) is 4.55. The van der Waals surface area contributed by atoms with Crippen molar-refractivity contribution in [2.24, 2.45) is 0 Å². The number of rotatable bonds is 3. The highest BCUT2D eigenvalue weighted by atomic mass is 15.0. The van der Waals surface area contributed by atoms with E-state index in [9.17, 15) is 0 Å². The first-order valence-electron chi connectivity index (χ1n) is 9.54. The molecule has 0 bridgehead atoms. The molecule has 0 N–H and O–H groups in total. The molecule has 136 valence electrons. The topological polar surface area (TPSA) is 7.94 Å². The molecule has 27 heavy (non-hydrogen) atoms. The molecule has 0 saturated carbocycles. The van der Waals surface area contributed by atoms with Gasteiger partial charge in [-0.2, -0.15) is 4.58 Å². The second kappa shape index (κ2) is 6.38. The van der Waals surface area contributed by atoms with Crippen molar-refractivity contribution in [3.63, 3.8) is 0 Å². The van der Waals surface area contributed by atoms with E-state index in [1.165, 1.54) is 39.6 Å². The lowest BCUT2D eigenvalue weighted by Gasteiger charge is -2.15. The molecule has 0 aliphatic carbocycles. The number of fused-ring (bicyclic) bond motifs is 1. The second-order valence-electron chi connectivity index (χ2n) is 7.92. The molecular weight excluding hydrogens is 328 g/mol. The molecular formula is C25H27N2+. The molecule has 0 spiro atoms. The molecule has 0 saturated heterocycles. The zero-order valence-electron chi connectivity index (χ0n) is 16.8. The Morgan fingerprint density at radius 1 is 0.889 bits per heavy atom. The Bertz CT molecular complexity index is 1060. The minimum atomic E-state index is 0.00673. The maximum atomic E-state index is 2.32. The first kappa shape index (κ1) is 17.5. The number of allylic oxidation sites excluding steroid dienone is 1. The highest BCUT2D eigenvalue weighted by Gasteiger charge is 2.42. The van der Waals surface area contributed by atoms with Crippen LogP contribution in [0.25, 0.3) is 11.8 Å². The van der Waals surface area contributed by atoms with Gasteiger partial charge in [-0.1, -0.05) is 36.4 Å². The van der Waals surface area contributed by atoms with Crippen LogP contribution in [0.15, 0.2) is 66.7 Å². The second-order valence-corrected chi connectivity index (χ2v) is 7.92. The van der Waals surface area contributed by atoms with Crippen LogP contribution in [0.3, 0.4) is 0 Å². The van der Waals surface area contributed by atoms with Crippen LogP contribution >= 0.6 is 0 Å². The molecule has 0 radical (unpaired) electrons. The van der Waals surface area contributed by atoms with Gasteiger partial charge in [0, 0.05) is 34.8 Å². The lowest BCUT2D eigenvalue weighted by Crippen LogP contribution is -2.26. The van der Waals surface area contributed by atoms with Gasteiger partial charge in [0.2, 0.25) is 5.69 Å². The summed E-state index contributed by atoms with van der Waals surface area (Å²) in [6.45, 7) is 8.99. The summed E-state index contributed by atoms with van der Waals surface area (Å²) >= 11 is 0. The lowest BCUT2D eigenvalue weighted by atomic mass is 9.81. The Balaban J connectivity index is 1.74. The predicted molar refractivity (Wildman–Crippen MR) is 115 cm³/mol. The molecule has 2 aromatic carbocycles. The van der Waals surface area contributed by atoms with Crippen LogP contribution in [0.4, 0.5) is 5.69 Å². The summed E-state index contributed by atoms with van der Waals surface area (Å²) in [5, 5.41) is 0. The lowest BCUT2D eigenvalue weighted by molar-refractivity contribution is -0.401. The van der Waals surface area contributed by atoms with E-state index >= 15 is 0 Å². The number of hydrogen-bond acceptors (Lipinski definition) is 0. The van der Waals surface area contributed by atoms with Gasteiger partial charge >= 0.3 is 0 Å². The highest BCUT2D eigenvalue weighted by molar-refractivity contribution is 6.05. The SMILES string of the molecule is Cc1cc(/C=C/C2=[N+](C)c3ccccc3C2(C)C)c(C)n1-c1ccccc1. The molecule has 2 heteroatoms. The molecule has 0 amide bonds. The molecule has 0 fully saturated rings. The summed E-state index contributed by atoms with van der Waals surface area (Å²) in [7, 11) is 2.17. The van der Waals surface area contributed by atoms with Crippen LogP contribution in [0.2, 0.25) is 0 Å². The van der Waals surface area contributed by atoms with E-state index in [2.05, 4.69) is 117 Å². The minimum Gasteiger partial charge on any atom is -0.318 e. The third kappa shape index (κ3) is 2.76. The molecule has 0 atom stereocenters. The third-order valence-corrected chi connectivity index (χ3v) is 5.85. The first-order chi connectivity index (χ1) is 12.9. The van der Waals surface area contributed by atoms with E-state index in [-0.39, 0.29) is 5.41 Å². The Hall–Kier alpha value is -2.87. The van der Waals surface area contributed by atoms with Gasteiger partial charge in [0.15, 0.2) is 5.71 Å². The van der Waals surface area contributed by atoms with Gasteiger partial charge in [0.25, 0.3) is 0 Å². The Morgan fingerprint density at radius 3 is 2.26 bits per heavy atom. The molecule has 0 unspecified atom stereocenters. The van der Waals surface area contributed by atoms with Gasteiger partial charge in [-0.05, 0) is 57.5 Å². The smallest absolute Gasteiger partial charge is 0.209 e. The van der Waals surface area contributed by atoms with Crippen LogP contribution in [0.5, 0.6) is 0 Å². The van der Waals surface area contributed by atoms with Crippen molar-refractivity contribution in [3.8, 4) is 5.69 Å². The molecule has 1 aliphatic heterocycles. The molecule has 4 rings (SSSR count). The van der Waals surface area contributed by atoms with E-state index in [1.54, 1.807) is 0 Å². The zero-order valence-corrected chi connectivity index (χ0v) is 16.8. The Kier molecular flexibility index (Phi) is 4.15. The zero-order chi connectivity index (χ0) is 19.2. The fourth-order valence-electron chi connectivity index (χ4n) is 4.40. The van der Waals surface area contributed by atoms with Crippen molar-refractivity contribution in [1.29, 1.82) is 0 Å². The maximum Gasteiger partial charge on any atom is 0.209 e. The average molecular weight is 356 g/mol. The van der Waals surface area contributed by atoms with Crippen LogP contribution in [0, 0.1) is 13.8 Å². The third-order valence-electron chi connectivity index (χ3n) is 5.85. The number of aromatic nitrogens is 1. The average Bonchev–Trinajstić information content (AvgIpc) is 3.05. The van der Waals surface area contributed by atoms with Gasteiger partial charge in [0.1, 0.15) is 7.05 Å². The molecule has 2 heterocycles. The predicted octanol–water partition coefficient (Wildman–Crippen LogP) is 5.81. The van der Waals surface area contributed by atoms with Gasteiger partial charge in [-0.15, -0.1) is 0 Å². The quantitative estimate of drug-likeness (QED) is 0.524. The van der Waals surface area contributed by atoms with Gasteiger partial charge in [-0.25, -0.2) is 0 Å². The van der Waals surface area contributed by atoms with Crippen molar-refractivity contribution in [1.82, 2.24) is 4.57 Å². The molecule has 2 nitrogen and oxygen atoms in total. The van der Waals surface area contributed by atoms with Crippen molar-refractivity contribution < 1.29 is 4.58 Å². The fourth-order valence-corrected chi connectivity index (χ4v) is 4.40. The number of hydrogen-bond donors (Lipinski definition) is 0. The fraction of sp³-hybridized carbons (Fsp3) is 0.240. The normalized spacial score (nSPS) is 15.6. The van der Waals surface area contributed by atoms with Crippen molar-refractivity contribution in [3.05, 3.63) is 89.3 Å². The molecule has 3 aromatic rings. The van der Waals surface area contributed by atoms with Gasteiger partial charge in [-0.3, -0.25) is 0 Å². The Morgan fingerprint density at radius 2 is 1.56 bits per heavy atom. The van der Waals surface area contributed by atoms with E-state index in [0.29, 0.717) is 0 Å². The van der Waals surface area contributed by atoms with Crippen LogP contribution in [-0.4, -0.2) is 21.9 Å². The number of benzene rings is 2. The van der Waals surface area contributed by atoms with E-state index < -0.39 is 0 Å². The monoisotopic (exact) mass is 355 g/mol. The van der Waals surface area contributed by atoms with Gasteiger partial charge < -0.3 is 4.57 Å². The van der Waals surface area contributed by atoms with Crippen molar-refractivity contribution in [2.75, 3.05) is 7.05 Å².